The topological polar surface area (TPSA) is 38.3 Å². The van der Waals surface area contributed by atoms with Crippen molar-refractivity contribution in [2.75, 3.05) is 7.11 Å². The predicted molar refractivity (Wildman–Crippen MR) is 55.7 cm³/mol. The van der Waals surface area contributed by atoms with Crippen LogP contribution in [0.25, 0.3) is 6.08 Å². The minimum absolute atomic E-state index is 0.262. The van der Waals surface area contributed by atoms with E-state index in [4.69, 9.17) is 0 Å². The summed E-state index contributed by atoms with van der Waals surface area (Å²) in [6.07, 6.45) is 1.65. The number of hydrogen-bond donors (Lipinski definition) is 1. The lowest BCUT2D eigenvalue weighted by Gasteiger charge is -2.06. The van der Waals surface area contributed by atoms with E-state index in [2.05, 4.69) is 16.9 Å². The maximum absolute atomic E-state index is 11.5. The molecule has 0 radical (unpaired) electrons. The molecule has 0 heterocycles. The molecule has 0 bridgehead atoms. The number of benzene rings is 1. The molecule has 0 saturated carbocycles. The molecule has 0 aliphatic carbocycles. The largest absolute Gasteiger partial charge is 0.277 e. The highest BCUT2D eigenvalue weighted by molar-refractivity contribution is 5.97. The number of rotatable bonds is 3. The van der Waals surface area contributed by atoms with E-state index in [1.54, 1.807) is 12.1 Å². The van der Waals surface area contributed by atoms with E-state index in [1.165, 1.54) is 7.11 Å². The van der Waals surface area contributed by atoms with Crippen molar-refractivity contribution in [3.05, 3.63) is 41.5 Å². The van der Waals surface area contributed by atoms with E-state index in [0.29, 0.717) is 5.56 Å². The van der Waals surface area contributed by atoms with Crippen molar-refractivity contribution >= 4 is 12.0 Å². The van der Waals surface area contributed by atoms with Gasteiger partial charge in [0.05, 0.1) is 7.11 Å². The van der Waals surface area contributed by atoms with E-state index in [0.717, 1.165) is 11.1 Å². The fraction of sp³-hybridized carbons (Fsp3) is 0.182. The smallest absolute Gasteiger partial charge is 0.275 e. The summed E-state index contributed by atoms with van der Waals surface area (Å²) < 4.78 is 0. The van der Waals surface area contributed by atoms with Crippen molar-refractivity contribution in [1.29, 1.82) is 0 Å². The molecular formula is C11H13NO2. The number of hydroxylamine groups is 1. The second kappa shape index (κ2) is 4.58. The molecule has 14 heavy (non-hydrogen) atoms. The zero-order chi connectivity index (χ0) is 10.6. The van der Waals surface area contributed by atoms with Gasteiger partial charge < -0.3 is 0 Å². The normalized spacial score (nSPS) is 9.57. The van der Waals surface area contributed by atoms with Gasteiger partial charge in [-0.25, -0.2) is 5.48 Å². The maximum atomic E-state index is 11.5. The van der Waals surface area contributed by atoms with Crippen molar-refractivity contribution in [3.63, 3.8) is 0 Å². The number of nitrogens with one attached hydrogen (secondary N) is 1. The Morgan fingerprint density at radius 2 is 2.29 bits per heavy atom. The summed E-state index contributed by atoms with van der Waals surface area (Å²) in [5.74, 6) is -0.262. The highest BCUT2D eigenvalue weighted by Crippen LogP contribution is 2.12. The molecule has 0 aliphatic rings. The van der Waals surface area contributed by atoms with E-state index < -0.39 is 0 Å². The Kier molecular flexibility index (Phi) is 3.42. The number of hydrogen-bond acceptors (Lipinski definition) is 2. The molecule has 1 aromatic rings. The van der Waals surface area contributed by atoms with Crippen LogP contribution in [0.3, 0.4) is 0 Å². The molecule has 0 aromatic heterocycles. The van der Waals surface area contributed by atoms with E-state index in [-0.39, 0.29) is 5.91 Å². The van der Waals surface area contributed by atoms with Gasteiger partial charge in [0, 0.05) is 5.56 Å². The summed E-state index contributed by atoms with van der Waals surface area (Å²) in [6.45, 7) is 5.62. The zero-order valence-electron chi connectivity index (χ0n) is 8.33. The molecule has 0 atom stereocenters. The first kappa shape index (κ1) is 10.5. The summed E-state index contributed by atoms with van der Waals surface area (Å²) in [7, 11) is 1.40. The van der Waals surface area contributed by atoms with Crippen LogP contribution >= 0.6 is 0 Å². The van der Waals surface area contributed by atoms with Crippen LogP contribution in [0.2, 0.25) is 0 Å². The van der Waals surface area contributed by atoms with Crippen LogP contribution in [0.5, 0.6) is 0 Å². The Morgan fingerprint density at radius 1 is 1.57 bits per heavy atom. The van der Waals surface area contributed by atoms with Crippen LogP contribution in [-0.2, 0) is 4.84 Å². The monoisotopic (exact) mass is 191 g/mol. The lowest BCUT2D eigenvalue weighted by atomic mass is 10.0. The van der Waals surface area contributed by atoms with Crippen LogP contribution in [-0.4, -0.2) is 13.0 Å². The van der Waals surface area contributed by atoms with Gasteiger partial charge in [-0.3, -0.25) is 9.63 Å². The summed E-state index contributed by atoms with van der Waals surface area (Å²) in [6, 6.07) is 5.52. The minimum Gasteiger partial charge on any atom is -0.277 e. The molecule has 3 nitrogen and oxygen atoms in total. The van der Waals surface area contributed by atoms with Crippen LogP contribution in [0, 0.1) is 6.92 Å². The standard InChI is InChI=1S/C11H13NO2/c1-4-9-7-8(2)5-6-10(9)11(13)12-14-3/h4-7H,1H2,2-3H3,(H,12,13). The van der Waals surface area contributed by atoms with Crippen molar-refractivity contribution < 1.29 is 9.63 Å². The molecule has 1 aromatic carbocycles. The molecule has 1 N–H and O–H groups in total. The number of carbonyl (C=O) groups is 1. The first-order valence-electron chi connectivity index (χ1n) is 4.25. The highest BCUT2D eigenvalue weighted by Gasteiger charge is 2.08. The Labute approximate surface area is 83.3 Å². The Balaban J connectivity index is 3.07. The first-order valence-corrected chi connectivity index (χ1v) is 4.25. The average molecular weight is 191 g/mol. The minimum atomic E-state index is -0.262. The number of amides is 1. The third kappa shape index (κ3) is 2.20. The van der Waals surface area contributed by atoms with Gasteiger partial charge in [-0.1, -0.05) is 30.4 Å². The van der Waals surface area contributed by atoms with Crippen LogP contribution in [0.4, 0.5) is 0 Å². The molecule has 0 spiro atoms. The van der Waals surface area contributed by atoms with Gasteiger partial charge in [0.25, 0.3) is 5.91 Å². The SMILES string of the molecule is C=Cc1cc(C)ccc1C(=O)NOC. The van der Waals surface area contributed by atoms with Gasteiger partial charge in [-0.15, -0.1) is 0 Å². The lowest BCUT2D eigenvalue weighted by molar-refractivity contribution is 0.0537. The van der Waals surface area contributed by atoms with Crippen LogP contribution in [0.15, 0.2) is 24.8 Å². The van der Waals surface area contributed by atoms with E-state index in [1.807, 2.05) is 19.1 Å². The van der Waals surface area contributed by atoms with Crippen LogP contribution < -0.4 is 5.48 Å². The molecule has 0 saturated heterocycles. The molecule has 3 heteroatoms. The third-order valence-corrected chi connectivity index (χ3v) is 1.87. The molecule has 0 fully saturated rings. The number of carbonyl (C=O) groups excluding carboxylic acids is 1. The Hall–Kier alpha value is -1.61. The van der Waals surface area contributed by atoms with E-state index >= 15 is 0 Å². The Bertz CT molecular complexity index is 358. The summed E-state index contributed by atoms with van der Waals surface area (Å²) in [5.41, 5.74) is 4.73. The molecule has 1 amide bonds. The van der Waals surface area contributed by atoms with Crippen molar-refractivity contribution in [1.82, 2.24) is 5.48 Å². The van der Waals surface area contributed by atoms with Gasteiger partial charge in [0.1, 0.15) is 0 Å². The average Bonchev–Trinajstić information content (AvgIpc) is 2.17. The molecular weight excluding hydrogens is 178 g/mol. The number of aryl methyl sites for hydroxylation is 1. The van der Waals surface area contributed by atoms with Gasteiger partial charge in [0.15, 0.2) is 0 Å². The summed E-state index contributed by atoms with van der Waals surface area (Å²) in [5, 5.41) is 0. The summed E-state index contributed by atoms with van der Waals surface area (Å²) in [4.78, 5) is 16.0. The van der Waals surface area contributed by atoms with Crippen molar-refractivity contribution in [3.8, 4) is 0 Å². The fourth-order valence-corrected chi connectivity index (χ4v) is 1.21. The van der Waals surface area contributed by atoms with E-state index in [9.17, 15) is 4.79 Å². The fourth-order valence-electron chi connectivity index (χ4n) is 1.21. The molecule has 0 unspecified atom stereocenters. The zero-order valence-corrected chi connectivity index (χ0v) is 8.33. The molecule has 74 valence electrons. The van der Waals surface area contributed by atoms with Gasteiger partial charge >= 0.3 is 0 Å². The summed E-state index contributed by atoms with van der Waals surface area (Å²) >= 11 is 0. The van der Waals surface area contributed by atoms with Crippen LogP contribution in [0.1, 0.15) is 21.5 Å². The molecule has 0 aliphatic heterocycles. The second-order valence-electron chi connectivity index (χ2n) is 2.93. The van der Waals surface area contributed by atoms with Gasteiger partial charge in [-0.2, -0.15) is 0 Å². The second-order valence-corrected chi connectivity index (χ2v) is 2.93. The van der Waals surface area contributed by atoms with Crippen molar-refractivity contribution in [2.24, 2.45) is 0 Å². The first-order chi connectivity index (χ1) is 6.69. The Morgan fingerprint density at radius 3 is 2.86 bits per heavy atom. The quantitative estimate of drug-likeness (QED) is 0.741. The lowest BCUT2D eigenvalue weighted by Crippen LogP contribution is -2.22. The van der Waals surface area contributed by atoms with Gasteiger partial charge in [-0.05, 0) is 18.6 Å². The van der Waals surface area contributed by atoms with Gasteiger partial charge in [0.2, 0.25) is 0 Å². The third-order valence-electron chi connectivity index (χ3n) is 1.87. The maximum Gasteiger partial charge on any atom is 0.275 e. The molecule has 1 rings (SSSR count). The predicted octanol–water partition coefficient (Wildman–Crippen LogP) is 1.93. The van der Waals surface area contributed by atoms with Crippen molar-refractivity contribution in [2.45, 2.75) is 6.92 Å². The highest BCUT2D eigenvalue weighted by atomic mass is 16.6.